The Bertz CT molecular complexity index is 438. The maximum Gasteiger partial charge on any atom is 0.310 e. The number of hydrogen-bond acceptors (Lipinski definition) is 3. The fraction of sp³-hybridized carbons (Fsp3) is 0.643. The van der Waals surface area contributed by atoms with Gasteiger partial charge in [-0.15, -0.1) is 0 Å². The first-order valence-electron chi connectivity index (χ1n) is 6.94. The lowest BCUT2D eigenvalue weighted by atomic mass is 9.95. The molecule has 1 aliphatic carbocycles. The number of rotatable bonds is 3. The van der Waals surface area contributed by atoms with Gasteiger partial charge in [-0.1, -0.05) is 12.2 Å². The third-order valence-corrected chi connectivity index (χ3v) is 4.04. The van der Waals surface area contributed by atoms with E-state index >= 15 is 0 Å². The second-order valence-corrected chi connectivity index (χ2v) is 5.46. The number of nitrogens with one attached hydrogen (secondary N) is 1. The largest absolute Gasteiger partial charge is 0.481 e. The highest BCUT2D eigenvalue weighted by Gasteiger charge is 2.30. The van der Waals surface area contributed by atoms with Crippen molar-refractivity contribution in [3.63, 3.8) is 0 Å². The standard InChI is InChI=1S/C14H20N2O4/c1-9(17)16-6-4-10(5-7-16)13(18)15-12-3-2-11(8-12)14(19)20/h2-3,10-12H,4-8H2,1H3,(H,15,18)(H,19,20). The number of piperidine rings is 1. The molecule has 2 amide bonds. The molecule has 2 N–H and O–H groups in total. The number of carboxylic acids is 1. The summed E-state index contributed by atoms with van der Waals surface area (Å²) < 4.78 is 0. The molecule has 6 heteroatoms. The van der Waals surface area contributed by atoms with Gasteiger partial charge in [0.25, 0.3) is 0 Å². The number of hydrogen-bond donors (Lipinski definition) is 2. The summed E-state index contributed by atoms with van der Waals surface area (Å²) in [5, 5.41) is 11.8. The quantitative estimate of drug-likeness (QED) is 0.732. The zero-order chi connectivity index (χ0) is 14.7. The monoisotopic (exact) mass is 280 g/mol. The zero-order valence-electron chi connectivity index (χ0n) is 11.5. The van der Waals surface area contributed by atoms with Crippen LogP contribution < -0.4 is 5.32 Å². The smallest absolute Gasteiger partial charge is 0.310 e. The third-order valence-electron chi connectivity index (χ3n) is 4.04. The molecule has 0 saturated carbocycles. The molecule has 2 unspecified atom stereocenters. The van der Waals surface area contributed by atoms with Gasteiger partial charge in [-0.3, -0.25) is 14.4 Å². The molecule has 1 fully saturated rings. The summed E-state index contributed by atoms with van der Waals surface area (Å²) in [4.78, 5) is 35.9. The Hall–Kier alpha value is -1.85. The highest BCUT2D eigenvalue weighted by Crippen LogP contribution is 2.21. The highest BCUT2D eigenvalue weighted by molar-refractivity contribution is 5.80. The van der Waals surface area contributed by atoms with E-state index in [0.29, 0.717) is 32.4 Å². The normalized spacial score (nSPS) is 26.6. The molecule has 2 aliphatic rings. The molecular weight excluding hydrogens is 260 g/mol. The molecule has 110 valence electrons. The van der Waals surface area contributed by atoms with Gasteiger partial charge in [-0.05, 0) is 19.3 Å². The number of carbonyl (C=O) groups excluding carboxylic acids is 2. The van der Waals surface area contributed by atoms with Crippen molar-refractivity contribution in [3.05, 3.63) is 12.2 Å². The zero-order valence-corrected chi connectivity index (χ0v) is 11.5. The molecule has 1 saturated heterocycles. The Kier molecular flexibility index (Phi) is 4.42. The van der Waals surface area contributed by atoms with Crippen LogP contribution >= 0.6 is 0 Å². The second kappa shape index (κ2) is 6.07. The van der Waals surface area contributed by atoms with E-state index in [0.717, 1.165) is 0 Å². The predicted octanol–water partition coefficient (Wildman–Crippen LogP) is 0.390. The van der Waals surface area contributed by atoms with E-state index in [9.17, 15) is 14.4 Å². The van der Waals surface area contributed by atoms with Crippen molar-refractivity contribution in [1.82, 2.24) is 10.2 Å². The van der Waals surface area contributed by atoms with Crippen LogP contribution in [-0.4, -0.2) is 46.9 Å². The number of aliphatic carboxylic acids is 1. The van der Waals surface area contributed by atoms with Crippen LogP contribution in [0.2, 0.25) is 0 Å². The second-order valence-electron chi connectivity index (χ2n) is 5.46. The van der Waals surface area contributed by atoms with Crippen molar-refractivity contribution in [3.8, 4) is 0 Å². The summed E-state index contributed by atoms with van der Waals surface area (Å²) in [5.41, 5.74) is 0. The summed E-state index contributed by atoms with van der Waals surface area (Å²) in [6, 6.07) is -0.186. The van der Waals surface area contributed by atoms with Gasteiger partial charge in [0.1, 0.15) is 0 Å². The Labute approximate surface area is 117 Å². The van der Waals surface area contributed by atoms with Crippen molar-refractivity contribution < 1.29 is 19.5 Å². The fourth-order valence-corrected chi connectivity index (χ4v) is 2.75. The van der Waals surface area contributed by atoms with Crippen LogP contribution in [0.15, 0.2) is 12.2 Å². The molecule has 2 rings (SSSR count). The van der Waals surface area contributed by atoms with Gasteiger partial charge in [0.15, 0.2) is 0 Å². The minimum Gasteiger partial charge on any atom is -0.481 e. The van der Waals surface area contributed by atoms with E-state index in [4.69, 9.17) is 5.11 Å². The SMILES string of the molecule is CC(=O)N1CCC(C(=O)NC2C=CC(C(=O)O)C2)CC1. The van der Waals surface area contributed by atoms with Gasteiger partial charge in [0.2, 0.25) is 11.8 Å². The van der Waals surface area contributed by atoms with Gasteiger partial charge < -0.3 is 15.3 Å². The topological polar surface area (TPSA) is 86.7 Å². The van der Waals surface area contributed by atoms with Crippen LogP contribution in [-0.2, 0) is 14.4 Å². The molecule has 0 aromatic heterocycles. The van der Waals surface area contributed by atoms with Crippen LogP contribution in [0.1, 0.15) is 26.2 Å². The van der Waals surface area contributed by atoms with E-state index < -0.39 is 11.9 Å². The number of amides is 2. The van der Waals surface area contributed by atoms with Crippen molar-refractivity contribution in [2.45, 2.75) is 32.2 Å². The van der Waals surface area contributed by atoms with Crippen LogP contribution in [0.25, 0.3) is 0 Å². The average molecular weight is 280 g/mol. The lowest BCUT2D eigenvalue weighted by molar-refractivity contribution is -0.140. The summed E-state index contributed by atoms with van der Waals surface area (Å²) in [7, 11) is 0. The van der Waals surface area contributed by atoms with E-state index in [1.54, 1.807) is 17.1 Å². The lowest BCUT2D eigenvalue weighted by Gasteiger charge is -2.31. The van der Waals surface area contributed by atoms with E-state index in [1.807, 2.05) is 0 Å². The Morgan fingerprint density at radius 3 is 2.35 bits per heavy atom. The molecule has 6 nitrogen and oxygen atoms in total. The van der Waals surface area contributed by atoms with Crippen molar-refractivity contribution in [2.24, 2.45) is 11.8 Å². The highest BCUT2D eigenvalue weighted by atomic mass is 16.4. The van der Waals surface area contributed by atoms with Crippen LogP contribution in [0.3, 0.4) is 0 Å². The maximum atomic E-state index is 12.1. The Morgan fingerprint density at radius 1 is 1.20 bits per heavy atom. The summed E-state index contributed by atoms with van der Waals surface area (Å²) >= 11 is 0. The van der Waals surface area contributed by atoms with Gasteiger partial charge in [-0.25, -0.2) is 0 Å². The van der Waals surface area contributed by atoms with Crippen molar-refractivity contribution >= 4 is 17.8 Å². The fourth-order valence-electron chi connectivity index (χ4n) is 2.75. The van der Waals surface area contributed by atoms with Gasteiger partial charge in [-0.2, -0.15) is 0 Å². The van der Waals surface area contributed by atoms with Crippen molar-refractivity contribution in [2.75, 3.05) is 13.1 Å². The minimum absolute atomic E-state index is 0.0334. The molecule has 1 aliphatic heterocycles. The van der Waals surface area contributed by atoms with E-state index in [1.165, 1.54) is 6.92 Å². The summed E-state index contributed by atoms with van der Waals surface area (Å²) in [6.45, 7) is 2.77. The molecule has 0 radical (unpaired) electrons. The van der Waals surface area contributed by atoms with Gasteiger partial charge in [0.05, 0.1) is 5.92 Å². The first kappa shape index (κ1) is 14.6. The maximum absolute atomic E-state index is 12.1. The molecule has 0 aromatic carbocycles. The average Bonchev–Trinajstić information content (AvgIpc) is 2.87. The first-order chi connectivity index (χ1) is 9.47. The molecule has 0 aromatic rings. The molecular formula is C14H20N2O4. The Balaban J connectivity index is 1.78. The van der Waals surface area contributed by atoms with Crippen LogP contribution in [0.5, 0.6) is 0 Å². The summed E-state index contributed by atoms with van der Waals surface area (Å²) in [6.07, 6.45) is 5.15. The molecule has 1 heterocycles. The third kappa shape index (κ3) is 3.37. The minimum atomic E-state index is -0.854. The van der Waals surface area contributed by atoms with Gasteiger partial charge >= 0.3 is 5.97 Å². The van der Waals surface area contributed by atoms with E-state index in [-0.39, 0.29) is 23.8 Å². The molecule has 0 bridgehead atoms. The van der Waals surface area contributed by atoms with Gasteiger partial charge in [0, 0.05) is 32.0 Å². The lowest BCUT2D eigenvalue weighted by Crippen LogP contribution is -2.44. The van der Waals surface area contributed by atoms with Crippen LogP contribution in [0.4, 0.5) is 0 Å². The number of nitrogens with zero attached hydrogens (tertiary/aromatic N) is 1. The van der Waals surface area contributed by atoms with E-state index in [2.05, 4.69) is 5.32 Å². The molecule has 20 heavy (non-hydrogen) atoms. The molecule has 0 spiro atoms. The summed E-state index contributed by atoms with van der Waals surface area (Å²) in [5.74, 6) is -1.42. The van der Waals surface area contributed by atoms with Crippen LogP contribution in [0, 0.1) is 11.8 Å². The number of likely N-dealkylation sites (tertiary alicyclic amines) is 1. The number of carbonyl (C=O) groups is 3. The first-order valence-corrected chi connectivity index (χ1v) is 6.94. The Morgan fingerprint density at radius 2 is 1.85 bits per heavy atom. The predicted molar refractivity (Wildman–Crippen MR) is 71.8 cm³/mol. The number of carboxylic acid groups (broad SMARTS) is 1. The van der Waals surface area contributed by atoms with Crippen molar-refractivity contribution in [1.29, 1.82) is 0 Å². The molecule has 2 atom stereocenters.